The molecule has 1 amide bonds. The normalized spacial score (nSPS) is 16.4. The Morgan fingerprint density at radius 2 is 2.00 bits per heavy atom. The van der Waals surface area contributed by atoms with Crippen molar-refractivity contribution in [1.82, 2.24) is 5.32 Å². The van der Waals surface area contributed by atoms with Crippen molar-refractivity contribution in [2.75, 3.05) is 0 Å². The van der Waals surface area contributed by atoms with E-state index in [0.29, 0.717) is 18.4 Å². The van der Waals surface area contributed by atoms with Gasteiger partial charge in [-0.05, 0) is 30.5 Å². The van der Waals surface area contributed by atoms with Gasteiger partial charge in [-0.15, -0.1) is 0 Å². The molecule has 0 saturated heterocycles. The lowest BCUT2D eigenvalue weighted by atomic mass is 10.1. The molecule has 0 unspecified atom stereocenters. The molecule has 1 aliphatic rings. The van der Waals surface area contributed by atoms with Gasteiger partial charge in [-0.25, -0.2) is 18.4 Å². The molecule has 0 aromatic heterocycles. The first kappa shape index (κ1) is 14.5. The standard InChI is InChI=1S/C12H14N2O5S/c13-20(18,19)7-8-2-1-3-9(6-8)10(15)14-12(4-5-12)11(16)17/h1-3,6H,4-5,7H2,(H,14,15)(H,16,17)(H2,13,18,19). The van der Waals surface area contributed by atoms with Gasteiger partial charge in [0.2, 0.25) is 10.0 Å². The number of carbonyl (C=O) groups is 2. The minimum absolute atomic E-state index is 0.207. The summed E-state index contributed by atoms with van der Waals surface area (Å²) in [5.41, 5.74) is -0.591. The maximum Gasteiger partial charge on any atom is 0.329 e. The lowest BCUT2D eigenvalue weighted by molar-refractivity contribution is -0.140. The first-order valence-electron chi connectivity index (χ1n) is 5.87. The Bertz CT molecular complexity index is 664. The highest BCUT2D eigenvalue weighted by Crippen LogP contribution is 2.35. The van der Waals surface area contributed by atoms with Crippen molar-refractivity contribution >= 4 is 21.9 Å². The number of primary sulfonamides is 1. The van der Waals surface area contributed by atoms with E-state index in [0.717, 1.165) is 0 Å². The van der Waals surface area contributed by atoms with Gasteiger partial charge >= 0.3 is 5.97 Å². The SMILES string of the molecule is NS(=O)(=O)Cc1cccc(C(=O)NC2(C(=O)O)CC2)c1. The van der Waals surface area contributed by atoms with Gasteiger partial charge in [0.1, 0.15) is 5.54 Å². The number of benzene rings is 1. The summed E-state index contributed by atoms with van der Waals surface area (Å²) >= 11 is 0. The van der Waals surface area contributed by atoms with Crippen LogP contribution in [0.4, 0.5) is 0 Å². The monoisotopic (exact) mass is 298 g/mol. The third-order valence-corrected chi connectivity index (χ3v) is 3.80. The van der Waals surface area contributed by atoms with Crippen LogP contribution in [0.2, 0.25) is 0 Å². The largest absolute Gasteiger partial charge is 0.480 e. The van der Waals surface area contributed by atoms with E-state index in [1.807, 2.05) is 0 Å². The first-order valence-corrected chi connectivity index (χ1v) is 7.59. The fraction of sp³-hybridized carbons (Fsp3) is 0.333. The van der Waals surface area contributed by atoms with Crippen LogP contribution in [0.3, 0.4) is 0 Å². The predicted octanol–water partition coefficient (Wildman–Crippen LogP) is -0.178. The minimum atomic E-state index is -3.68. The molecule has 1 fully saturated rings. The Hall–Kier alpha value is -1.93. The second kappa shape index (κ2) is 4.88. The van der Waals surface area contributed by atoms with Gasteiger partial charge in [-0.1, -0.05) is 12.1 Å². The van der Waals surface area contributed by atoms with Gasteiger partial charge in [0, 0.05) is 5.56 Å². The van der Waals surface area contributed by atoms with Gasteiger partial charge in [-0.3, -0.25) is 4.79 Å². The summed E-state index contributed by atoms with van der Waals surface area (Å²) in [6, 6.07) is 5.93. The lowest BCUT2D eigenvalue weighted by Gasteiger charge is -2.12. The van der Waals surface area contributed by atoms with Crippen LogP contribution in [0, 0.1) is 0 Å². The smallest absolute Gasteiger partial charge is 0.329 e. The molecule has 7 nitrogen and oxygen atoms in total. The van der Waals surface area contributed by atoms with E-state index in [2.05, 4.69) is 5.32 Å². The number of hydrogen-bond donors (Lipinski definition) is 3. The van der Waals surface area contributed by atoms with Crippen LogP contribution in [0.25, 0.3) is 0 Å². The van der Waals surface area contributed by atoms with Crippen LogP contribution in [0.1, 0.15) is 28.8 Å². The number of nitrogens with two attached hydrogens (primary N) is 1. The molecule has 1 saturated carbocycles. The second-order valence-electron chi connectivity index (χ2n) is 4.85. The van der Waals surface area contributed by atoms with Crippen molar-refractivity contribution in [3.8, 4) is 0 Å². The van der Waals surface area contributed by atoms with Crippen molar-refractivity contribution in [3.63, 3.8) is 0 Å². The van der Waals surface area contributed by atoms with E-state index < -0.39 is 27.4 Å². The molecule has 0 spiro atoms. The van der Waals surface area contributed by atoms with Crippen LogP contribution in [-0.2, 0) is 20.6 Å². The number of sulfonamides is 1. The fourth-order valence-corrected chi connectivity index (χ4v) is 2.49. The van der Waals surface area contributed by atoms with Crippen molar-refractivity contribution < 1.29 is 23.1 Å². The van der Waals surface area contributed by atoms with Gasteiger partial charge in [0.25, 0.3) is 5.91 Å². The van der Waals surface area contributed by atoms with Gasteiger partial charge in [0.15, 0.2) is 0 Å². The number of nitrogens with one attached hydrogen (secondary N) is 1. The Morgan fingerprint density at radius 1 is 1.35 bits per heavy atom. The summed E-state index contributed by atoms with van der Waals surface area (Å²) in [7, 11) is -3.68. The van der Waals surface area contributed by atoms with Gasteiger partial charge in [0.05, 0.1) is 5.75 Å². The van der Waals surface area contributed by atoms with Gasteiger partial charge in [-0.2, -0.15) is 0 Å². The number of rotatable bonds is 5. The van der Waals surface area contributed by atoms with E-state index in [-0.39, 0.29) is 11.3 Å². The summed E-state index contributed by atoms with van der Waals surface area (Å²) in [5.74, 6) is -1.98. The summed E-state index contributed by atoms with van der Waals surface area (Å²) in [6.45, 7) is 0. The highest BCUT2D eigenvalue weighted by atomic mass is 32.2. The van der Waals surface area contributed by atoms with E-state index in [4.69, 9.17) is 10.2 Å². The summed E-state index contributed by atoms with van der Waals surface area (Å²) < 4.78 is 22.0. The fourth-order valence-electron chi connectivity index (χ4n) is 1.84. The molecule has 0 atom stereocenters. The molecule has 0 heterocycles. The zero-order chi connectivity index (χ0) is 15.0. The van der Waals surface area contributed by atoms with Gasteiger partial charge < -0.3 is 10.4 Å². The molecule has 0 aliphatic heterocycles. The zero-order valence-electron chi connectivity index (χ0n) is 10.5. The molecular weight excluding hydrogens is 284 g/mol. The van der Waals surface area contributed by atoms with Crippen molar-refractivity contribution in [2.24, 2.45) is 5.14 Å². The summed E-state index contributed by atoms with van der Waals surface area (Å²) in [6.07, 6.45) is 0.788. The molecule has 20 heavy (non-hydrogen) atoms. The molecule has 4 N–H and O–H groups in total. The van der Waals surface area contributed by atoms with Crippen LogP contribution in [-0.4, -0.2) is 30.9 Å². The highest BCUT2D eigenvalue weighted by Gasteiger charge is 2.51. The lowest BCUT2D eigenvalue weighted by Crippen LogP contribution is -2.43. The molecule has 1 aromatic carbocycles. The van der Waals surface area contributed by atoms with E-state index in [1.54, 1.807) is 0 Å². The van der Waals surface area contributed by atoms with Crippen LogP contribution in [0.5, 0.6) is 0 Å². The minimum Gasteiger partial charge on any atom is -0.480 e. The first-order chi connectivity index (χ1) is 9.22. The third kappa shape index (κ3) is 3.34. The topological polar surface area (TPSA) is 127 Å². The number of carboxylic acids is 1. The Labute approximate surface area is 115 Å². The quantitative estimate of drug-likeness (QED) is 0.695. The van der Waals surface area contributed by atoms with E-state index in [9.17, 15) is 18.0 Å². The molecule has 0 radical (unpaired) electrons. The summed E-state index contributed by atoms with van der Waals surface area (Å²) in [4.78, 5) is 23.0. The molecule has 2 rings (SSSR count). The zero-order valence-corrected chi connectivity index (χ0v) is 11.3. The maximum absolute atomic E-state index is 12.0. The van der Waals surface area contributed by atoms with E-state index >= 15 is 0 Å². The number of carboxylic acid groups (broad SMARTS) is 1. The third-order valence-electron chi connectivity index (χ3n) is 3.07. The van der Waals surface area contributed by atoms with Crippen molar-refractivity contribution in [3.05, 3.63) is 35.4 Å². The molecule has 8 heteroatoms. The molecule has 1 aromatic rings. The Kier molecular flexibility index (Phi) is 3.53. The maximum atomic E-state index is 12.0. The van der Waals surface area contributed by atoms with Crippen LogP contribution in [0.15, 0.2) is 24.3 Å². The molecule has 0 bridgehead atoms. The van der Waals surface area contributed by atoms with Crippen molar-refractivity contribution in [1.29, 1.82) is 0 Å². The summed E-state index contributed by atoms with van der Waals surface area (Å²) in [5, 5.41) is 16.4. The molecule has 108 valence electrons. The van der Waals surface area contributed by atoms with E-state index in [1.165, 1.54) is 24.3 Å². The van der Waals surface area contributed by atoms with Crippen LogP contribution >= 0.6 is 0 Å². The number of aliphatic carboxylic acids is 1. The van der Waals surface area contributed by atoms with Crippen LogP contribution < -0.4 is 10.5 Å². The average molecular weight is 298 g/mol. The highest BCUT2D eigenvalue weighted by molar-refractivity contribution is 7.88. The molecular formula is C12H14N2O5S. The average Bonchev–Trinajstić information content (AvgIpc) is 3.08. The Morgan fingerprint density at radius 3 is 2.50 bits per heavy atom. The van der Waals surface area contributed by atoms with Crippen molar-refractivity contribution in [2.45, 2.75) is 24.1 Å². The predicted molar refractivity (Wildman–Crippen MR) is 70.3 cm³/mol. The number of amides is 1. The second-order valence-corrected chi connectivity index (χ2v) is 6.46. The molecule has 1 aliphatic carbocycles. The Balaban J connectivity index is 2.15. The number of hydrogen-bond acceptors (Lipinski definition) is 4. The number of carbonyl (C=O) groups excluding carboxylic acids is 1.